The Kier molecular flexibility index (Phi) is 4.79. The van der Waals surface area contributed by atoms with Crippen LogP contribution in [0.2, 0.25) is 0 Å². The van der Waals surface area contributed by atoms with E-state index in [9.17, 15) is 4.79 Å². The molecular formula is C19H29N3O2. The van der Waals surface area contributed by atoms with Gasteiger partial charge in [-0.1, -0.05) is 12.8 Å². The Morgan fingerprint density at radius 1 is 1.04 bits per heavy atom. The lowest BCUT2D eigenvalue weighted by Crippen LogP contribution is -2.50. The third-order valence-corrected chi connectivity index (χ3v) is 5.81. The van der Waals surface area contributed by atoms with Gasteiger partial charge in [0.15, 0.2) is 0 Å². The van der Waals surface area contributed by atoms with E-state index in [2.05, 4.69) is 10.2 Å². The first-order chi connectivity index (χ1) is 11.8. The molecule has 0 spiro atoms. The molecule has 2 saturated heterocycles. The van der Waals surface area contributed by atoms with Crippen LogP contribution in [0.1, 0.15) is 63.2 Å². The number of rotatable bonds is 3. The molecule has 3 fully saturated rings. The second-order valence-electron chi connectivity index (χ2n) is 7.56. The molecule has 132 valence electrons. The number of nitrogens with one attached hydrogen (secondary N) is 1. The molecule has 0 aromatic carbocycles. The highest BCUT2D eigenvalue weighted by Crippen LogP contribution is 2.31. The van der Waals surface area contributed by atoms with Crippen molar-refractivity contribution in [1.29, 1.82) is 0 Å². The molecule has 1 N–H and O–H groups in total. The van der Waals surface area contributed by atoms with Gasteiger partial charge >= 0.3 is 6.03 Å². The van der Waals surface area contributed by atoms with Gasteiger partial charge in [-0.25, -0.2) is 4.79 Å². The molecule has 1 aliphatic carbocycles. The Balaban J connectivity index is 1.36. The fourth-order valence-corrected chi connectivity index (χ4v) is 4.23. The van der Waals surface area contributed by atoms with Gasteiger partial charge in [0.1, 0.15) is 5.76 Å². The van der Waals surface area contributed by atoms with Gasteiger partial charge < -0.3 is 19.5 Å². The van der Waals surface area contributed by atoms with E-state index in [-0.39, 0.29) is 12.1 Å². The smallest absolute Gasteiger partial charge is 0.318 e. The molecule has 2 amide bonds. The van der Waals surface area contributed by atoms with Crippen LogP contribution in [0, 0.1) is 0 Å². The average molecular weight is 331 g/mol. The van der Waals surface area contributed by atoms with Gasteiger partial charge in [0, 0.05) is 31.7 Å². The summed E-state index contributed by atoms with van der Waals surface area (Å²) in [5, 5.41) is 3.31. The average Bonchev–Trinajstić information content (AvgIpc) is 3.36. The number of carbonyl (C=O) groups is 1. The molecule has 1 aromatic heterocycles. The highest BCUT2D eigenvalue weighted by molar-refractivity contribution is 5.75. The number of hydrogen-bond donors (Lipinski definition) is 1. The van der Waals surface area contributed by atoms with Crippen molar-refractivity contribution in [2.24, 2.45) is 0 Å². The predicted octanol–water partition coefficient (Wildman–Crippen LogP) is 3.53. The Morgan fingerprint density at radius 2 is 1.88 bits per heavy atom. The van der Waals surface area contributed by atoms with Crippen molar-refractivity contribution in [2.45, 2.75) is 69.5 Å². The monoisotopic (exact) mass is 331 g/mol. The largest absolute Gasteiger partial charge is 0.467 e. The Labute approximate surface area is 144 Å². The molecule has 3 aliphatic rings. The van der Waals surface area contributed by atoms with E-state index in [1.54, 1.807) is 6.26 Å². The van der Waals surface area contributed by atoms with Gasteiger partial charge in [0.2, 0.25) is 0 Å². The molecule has 5 heteroatoms. The number of furan rings is 1. The lowest BCUT2D eigenvalue weighted by Gasteiger charge is -2.35. The zero-order valence-corrected chi connectivity index (χ0v) is 14.5. The van der Waals surface area contributed by atoms with Crippen LogP contribution < -0.4 is 5.32 Å². The van der Waals surface area contributed by atoms with Crippen LogP contribution in [0.15, 0.2) is 22.8 Å². The normalized spacial score (nSPS) is 27.0. The Bertz CT molecular complexity index is 533. The number of urea groups is 1. The summed E-state index contributed by atoms with van der Waals surface area (Å²) in [5.74, 6) is 0.926. The van der Waals surface area contributed by atoms with Gasteiger partial charge in [0.25, 0.3) is 0 Å². The highest BCUT2D eigenvalue weighted by Gasteiger charge is 2.34. The number of amides is 2. The van der Waals surface area contributed by atoms with Crippen molar-refractivity contribution in [2.75, 3.05) is 19.6 Å². The molecule has 1 atom stereocenters. The van der Waals surface area contributed by atoms with Gasteiger partial charge in [-0.3, -0.25) is 0 Å². The van der Waals surface area contributed by atoms with E-state index in [1.165, 1.54) is 19.3 Å². The molecule has 1 aromatic rings. The lowest BCUT2D eigenvalue weighted by atomic mass is 10.0. The van der Waals surface area contributed by atoms with Crippen LogP contribution in [-0.2, 0) is 0 Å². The van der Waals surface area contributed by atoms with Gasteiger partial charge in [-0.05, 0) is 50.7 Å². The fourth-order valence-electron chi connectivity index (χ4n) is 4.23. The number of carbonyl (C=O) groups excluding carboxylic acids is 1. The van der Waals surface area contributed by atoms with Crippen molar-refractivity contribution < 1.29 is 9.21 Å². The summed E-state index contributed by atoms with van der Waals surface area (Å²) in [6, 6.07) is 5.29. The lowest BCUT2D eigenvalue weighted by molar-refractivity contribution is 0.149. The van der Waals surface area contributed by atoms with Crippen molar-refractivity contribution in [1.82, 2.24) is 15.1 Å². The molecule has 0 radical (unpaired) electrons. The summed E-state index contributed by atoms with van der Waals surface area (Å²) in [4.78, 5) is 17.5. The molecule has 3 heterocycles. The number of likely N-dealkylation sites (tertiary alicyclic amines) is 2. The first-order valence-electron chi connectivity index (χ1n) is 9.66. The van der Waals surface area contributed by atoms with Crippen LogP contribution in [0.25, 0.3) is 0 Å². The molecule has 1 saturated carbocycles. The summed E-state index contributed by atoms with van der Waals surface area (Å²) in [6.07, 6.45) is 11.1. The van der Waals surface area contributed by atoms with Gasteiger partial charge in [0.05, 0.1) is 12.3 Å². The molecule has 4 rings (SSSR count). The number of piperidine rings is 1. The van der Waals surface area contributed by atoms with Crippen LogP contribution in [0.3, 0.4) is 0 Å². The molecule has 24 heavy (non-hydrogen) atoms. The maximum atomic E-state index is 12.9. The molecule has 5 nitrogen and oxygen atoms in total. The van der Waals surface area contributed by atoms with Crippen LogP contribution in [0.4, 0.5) is 4.79 Å². The minimum Gasteiger partial charge on any atom is -0.467 e. The topological polar surface area (TPSA) is 48.7 Å². The van der Waals surface area contributed by atoms with E-state index >= 15 is 0 Å². The zero-order chi connectivity index (χ0) is 16.4. The minimum absolute atomic E-state index is 0.0917. The van der Waals surface area contributed by atoms with E-state index in [4.69, 9.17) is 4.42 Å². The number of hydrogen-bond acceptors (Lipinski definition) is 3. The quantitative estimate of drug-likeness (QED) is 0.922. The SMILES string of the molecule is O=C(NC1CCN(C2CC2)CC1)N1CCCCC[C@H]1c1ccco1. The summed E-state index contributed by atoms with van der Waals surface area (Å²) < 4.78 is 5.62. The first-order valence-corrected chi connectivity index (χ1v) is 9.66. The standard InChI is InChI=1S/C19H29N3O2/c23-19(20-15-9-12-21(13-10-15)16-7-8-16)22-11-3-1-2-5-17(22)18-6-4-14-24-18/h4,6,14-17H,1-3,5,7-13H2,(H,20,23)/t17-/m0/s1. The molecule has 2 aliphatic heterocycles. The summed E-state index contributed by atoms with van der Waals surface area (Å²) in [6.45, 7) is 3.10. The maximum Gasteiger partial charge on any atom is 0.318 e. The Hall–Kier alpha value is -1.49. The van der Waals surface area contributed by atoms with Crippen molar-refractivity contribution in [3.63, 3.8) is 0 Å². The highest BCUT2D eigenvalue weighted by atomic mass is 16.3. The predicted molar refractivity (Wildman–Crippen MR) is 92.8 cm³/mol. The van der Waals surface area contributed by atoms with Gasteiger partial charge in [-0.2, -0.15) is 0 Å². The second kappa shape index (κ2) is 7.18. The third kappa shape index (κ3) is 3.61. The van der Waals surface area contributed by atoms with Crippen molar-refractivity contribution in [3.8, 4) is 0 Å². The summed E-state index contributed by atoms with van der Waals surface area (Å²) in [7, 11) is 0. The van der Waals surface area contributed by atoms with Crippen LogP contribution >= 0.6 is 0 Å². The number of nitrogens with zero attached hydrogens (tertiary/aromatic N) is 2. The molecule has 0 unspecified atom stereocenters. The Morgan fingerprint density at radius 3 is 2.58 bits per heavy atom. The van der Waals surface area contributed by atoms with E-state index in [1.807, 2.05) is 17.0 Å². The minimum atomic E-state index is 0.0917. The van der Waals surface area contributed by atoms with Crippen LogP contribution in [0.5, 0.6) is 0 Å². The zero-order valence-electron chi connectivity index (χ0n) is 14.5. The summed E-state index contributed by atoms with van der Waals surface area (Å²) >= 11 is 0. The molecule has 0 bridgehead atoms. The van der Waals surface area contributed by atoms with E-state index in [0.29, 0.717) is 6.04 Å². The molecular weight excluding hydrogens is 302 g/mol. The fraction of sp³-hybridized carbons (Fsp3) is 0.737. The van der Waals surface area contributed by atoms with Gasteiger partial charge in [-0.15, -0.1) is 0 Å². The van der Waals surface area contributed by atoms with E-state index in [0.717, 1.165) is 63.5 Å². The third-order valence-electron chi connectivity index (χ3n) is 5.81. The maximum absolute atomic E-state index is 12.9. The van der Waals surface area contributed by atoms with Crippen molar-refractivity contribution >= 4 is 6.03 Å². The van der Waals surface area contributed by atoms with Crippen LogP contribution in [-0.4, -0.2) is 47.5 Å². The first kappa shape index (κ1) is 16.0. The summed E-state index contributed by atoms with van der Waals surface area (Å²) in [5.41, 5.74) is 0. The van der Waals surface area contributed by atoms with E-state index < -0.39 is 0 Å². The second-order valence-corrected chi connectivity index (χ2v) is 7.56. The van der Waals surface area contributed by atoms with Crippen molar-refractivity contribution in [3.05, 3.63) is 24.2 Å².